The minimum atomic E-state index is 0.759. The molecule has 0 amide bonds. The van der Waals surface area contributed by atoms with Crippen LogP contribution in [-0.2, 0) is 0 Å². The Hall–Kier alpha value is -2.04. The van der Waals surface area contributed by atoms with E-state index in [1.165, 1.54) is 19.0 Å². The maximum absolute atomic E-state index is 5.32. The first kappa shape index (κ1) is 9.05. The normalized spacial score (nSPS) is 8.31. The molecule has 2 heterocycles. The van der Waals surface area contributed by atoms with Crippen molar-refractivity contribution in [3.63, 3.8) is 0 Å². The Balaban J connectivity index is 0.000000132. The summed E-state index contributed by atoms with van der Waals surface area (Å²) in [6, 6.07) is 3.50. The van der Waals surface area contributed by atoms with Gasteiger partial charge in [-0.25, -0.2) is 15.0 Å². The number of nitrogens with zero attached hydrogens (tertiary/aromatic N) is 4. The minimum Gasteiger partial charge on any atom is -0.399 e. The molecule has 5 nitrogen and oxygen atoms in total. The Morgan fingerprint density at radius 1 is 0.769 bits per heavy atom. The smallest absolute Gasteiger partial charge is 0.119 e. The monoisotopic (exact) mass is 175 g/mol. The van der Waals surface area contributed by atoms with E-state index in [-0.39, 0.29) is 0 Å². The van der Waals surface area contributed by atoms with Crippen molar-refractivity contribution in [2.75, 3.05) is 5.73 Å². The summed E-state index contributed by atoms with van der Waals surface area (Å²) in [5.41, 5.74) is 6.08. The number of hydrogen-bond acceptors (Lipinski definition) is 5. The predicted octanol–water partition coefficient (Wildman–Crippen LogP) is 0.535. The van der Waals surface area contributed by atoms with Crippen molar-refractivity contribution in [2.45, 2.75) is 0 Å². The van der Waals surface area contributed by atoms with Gasteiger partial charge in [-0.15, -0.1) is 0 Å². The lowest BCUT2D eigenvalue weighted by atomic mass is 10.4. The van der Waals surface area contributed by atoms with Gasteiger partial charge in [0, 0.05) is 18.1 Å². The Labute approximate surface area is 75.7 Å². The van der Waals surface area contributed by atoms with Crippen LogP contribution in [0.4, 0.5) is 5.69 Å². The molecule has 0 radical (unpaired) electrons. The molecule has 13 heavy (non-hydrogen) atoms. The Morgan fingerprint density at radius 3 is 1.46 bits per heavy atom. The van der Waals surface area contributed by atoms with Crippen LogP contribution >= 0.6 is 0 Å². The third-order valence-electron chi connectivity index (χ3n) is 1.11. The fourth-order valence-electron chi connectivity index (χ4n) is 0.568. The Morgan fingerprint density at radius 2 is 1.23 bits per heavy atom. The number of pyridine rings is 1. The zero-order valence-corrected chi connectivity index (χ0v) is 6.91. The van der Waals surface area contributed by atoms with Crippen LogP contribution in [0.1, 0.15) is 0 Å². The first-order valence-corrected chi connectivity index (χ1v) is 3.60. The van der Waals surface area contributed by atoms with Crippen molar-refractivity contribution in [3.8, 4) is 0 Å². The largest absolute Gasteiger partial charge is 0.399 e. The minimum absolute atomic E-state index is 0.759. The summed E-state index contributed by atoms with van der Waals surface area (Å²) in [6.07, 6.45) is 7.64. The molecule has 0 saturated carbocycles. The summed E-state index contributed by atoms with van der Waals surface area (Å²) < 4.78 is 0. The van der Waals surface area contributed by atoms with Crippen LogP contribution < -0.4 is 5.73 Å². The van der Waals surface area contributed by atoms with Gasteiger partial charge in [0.25, 0.3) is 0 Å². The first-order valence-electron chi connectivity index (χ1n) is 3.60. The molecule has 2 aromatic rings. The lowest BCUT2D eigenvalue weighted by molar-refractivity contribution is 1.05. The number of aromatic nitrogens is 4. The summed E-state index contributed by atoms with van der Waals surface area (Å²) in [5.74, 6) is 0. The molecular weight excluding hydrogens is 166 g/mol. The summed E-state index contributed by atoms with van der Waals surface area (Å²) >= 11 is 0. The number of nitrogens with two attached hydrogens (primary N) is 1. The summed E-state index contributed by atoms with van der Waals surface area (Å²) in [4.78, 5) is 14.5. The second-order valence-corrected chi connectivity index (χ2v) is 2.07. The number of anilines is 1. The van der Waals surface area contributed by atoms with Gasteiger partial charge in [0.1, 0.15) is 19.0 Å². The van der Waals surface area contributed by atoms with E-state index in [1.54, 1.807) is 24.5 Å². The van der Waals surface area contributed by atoms with Gasteiger partial charge >= 0.3 is 0 Å². The molecule has 0 fully saturated rings. The van der Waals surface area contributed by atoms with Crippen molar-refractivity contribution < 1.29 is 0 Å². The van der Waals surface area contributed by atoms with Gasteiger partial charge in [-0.05, 0) is 12.1 Å². The fourth-order valence-corrected chi connectivity index (χ4v) is 0.568. The van der Waals surface area contributed by atoms with E-state index in [2.05, 4.69) is 19.9 Å². The molecule has 0 aliphatic rings. The summed E-state index contributed by atoms with van der Waals surface area (Å²) in [7, 11) is 0. The van der Waals surface area contributed by atoms with Crippen LogP contribution in [0.2, 0.25) is 0 Å². The third kappa shape index (κ3) is 4.41. The standard InChI is InChI=1S/C5H6N2.C3H3N3/c6-5-1-3-7-4-2-5;1-4-2-6-3-5-1/h1-4H,(H2,6,7);1-3H. The number of rotatable bonds is 0. The topological polar surface area (TPSA) is 77.6 Å². The summed E-state index contributed by atoms with van der Waals surface area (Å²) in [5, 5.41) is 0. The molecular formula is C8H9N5. The Kier molecular flexibility index (Phi) is 3.89. The van der Waals surface area contributed by atoms with Gasteiger partial charge < -0.3 is 5.73 Å². The SMILES string of the molecule is Nc1ccncc1.c1ncncn1. The van der Waals surface area contributed by atoms with Crippen molar-refractivity contribution in [2.24, 2.45) is 0 Å². The molecule has 2 rings (SSSR count). The maximum Gasteiger partial charge on any atom is 0.119 e. The fraction of sp³-hybridized carbons (Fsp3) is 0. The van der Waals surface area contributed by atoms with Crippen molar-refractivity contribution in [1.29, 1.82) is 0 Å². The molecule has 0 aromatic carbocycles. The van der Waals surface area contributed by atoms with Gasteiger partial charge in [0.15, 0.2) is 0 Å². The number of nitrogen functional groups attached to an aromatic ring is 1. The zero-order valence-electron chi connectivity index (χ0n) is 6.91. The first-order chi connectivity index (χ1) is 6.39. The molecule has 2 N–H and O–H groups in total. The zero-order chi connectivity index (χ0) is 9.36. The van der Waals surface area contributed by atoms with Crippen LogP contribution in [0.5, 0.6) is 0 Å². The molecule has 0 aliphatic carbocycles. The van der Waals surface area contributed by atoms with Crippen LogP contribution in [-0.4, -0.2) is 19.9 Å². The molecule has 66 valence electrons. The number of hydrogen-bond donors (Lipinski definition) is 1. The molecule has 0 bridgehead atoms. The third-order valence-corrected chi connectivity index (χ3v) is 1.11. The average molecular weight is 175 g/mol. The molecule has 5 heteroatoms. The van der Waals surface area contributed by atoms with E-state index in [0.29, 0.717) is 0 Å². The predicted molar refractivity (Wildman–Crippen MR) is 48.5 cm³/mol. The van der Waals surface area contributed by atoms with E-state index >= 15 is 0 Å². The van der Waals surface area contributed by atoms with E-state index in [9.17, 15) is 0 Å². The van der Waals surface area contributed by atoms with Crippen LogP contribution in [0.3, 0.4) is 0 Å². The van der Waals surface area contributed by atoms with Crippen LogP contribution in [0.15, 0.2) is 43.5 Å². The Bertz CT molecular complexity index is 283. The molecule has 0 atom stereocenters. The van der Waals surface area contributed by atoms with E-state index < -0.39 is 0 Å². The average Bonchev–Trinajstić information content (AvgIpc) is 2.22. The highest BCUT2D eigenvalue weighted by molar-refractivity contribution is 5.33. The van der Waals surface area contributed by atoms with E-state index in [0.717, 1.165) is 5.69 Å². The van der Waals surface area contributed by atoms with Gasteiger partial charge in [-0.1, -0.05) is 0 Å². The van der Waals surface area contributed by atoms with Crippen molar-refractivity contribution in [3.05, 3.63) is 43.5 Å². The van der Waals surface area contributed by atoms with Crippen molar-refractivity contribution in [1.82, 2.24) is 19.9 Å². The summed E-state index contributed by atoms with van der Waals surface area (Å²) in [6.45, 7) is 0. The quantitative estimate of drug-likeness (QED) is 0.632. The molecule has 0 unspecified atom stereocenters. The van der Waals surface area contributed by atoms with Gasteiger partial charge in [-0.3, -0.25) is 4.98 Å². The van der Waals surface area contributed by atoms with E-state index in [1.807, 2.05) is 0 Å². The molecule has 0 saturated heterocycles. The van der Waals surface area contributed by atoms with Crippen molar-refractivity contribution >= 4 is 5.69 Å². The molecule has 0 aliphatic heterocycles. The van der Waals surface area contributed by atoms with Gasteiger partial charge in [0.05, 0.1) is 0 Å². The van der Waals surface area contributed by atoms with Crippen LogP contribution in [0.25, 0.3) is 0 Å². The molecule has 2 aromatic heterocycles. The maximum atomic E-state index is 5.32. The second kappa shape index (κ2) is 5.59. The van der Waals surface area contributed by atoms with Gasteiger partial charge in [-0.2, -0.15) is 0 Å². The molecule has 0 spiro atoms. The lowest BCUT2D eigenvalue weighted by Crippen LogP contribution is -1.81. The highest BCUT2D eigenvalue weighted by Crippen LogP contribution is 1.92. The van der Waals surface area contributed by atoms with E-state index in [4.69, 9.17) is 5.73 Å². The lowest BCUT2D eigenvalue weighted by Gasteiger charge is -1.83. The highest BCUT2D eigenvalue weighted by Gasteiger charge is 1.73. The van der Waals surface area contributed by atoms with Crippen LogP contribution in [0, 0.1) is 0 Å². The highest BCUT2D eigenvalue weighted by atomic mass is 14.9. The van der Waals surface area contributed by atoms with Gasteiger partial charge in [0.2, 0.25) is 0 Å². The second-order valence-electron chi connectivity index (χ2n) is 2.07.